The van der Waals surface area contributed by atoms with Crippen LogP contribution in [0.5, 0.6) is 5.75 Å². The third-order valence-electron chi connectivity index (χ3n) is 4.62. The van der Waals surface area contributed by atoms with Crippen LogP contribution in [0.1, 0.15) is 11.6 Å². The fraction of sp³-hybridized carbons (Fsp3) is 0.190. The van der Waals surface area contributed by atoms with Crippen LogP contribution in [0.25, 0.3) is 11.1 Å². The lowest BCUT2D eigenvalue weighted by molar-refractivity contribution is -0.136. The number of nitrogens with one attached hydrogen (secondary N) is 2. The summed E-state index contributed by atoms with van der Waals surface area (Å²) < 4.78 is 15.9. The third-order valence-corrected chi connectivity index (χ3v) is 5.48. The highest BCUT2D eigenvalue weighted by Crippen LogP contribution is 2.32. The minimum absolute atomic E-state index is 0.275. The maximum absolute atomic E-state index is 12.6. The van der Waals surface area contributed by atoms with E-state index in [4.69, 9.17) is 13.9 Å². The van der Waals surface area contributed by atoms with Gasteiger partial charge in [0.2, 0.25) is 0 Å². The van der Waals surface area contributed by atoms with Gasteiger partial charge in [0.05, 0.1) is 25.8 Å². The molecule has 2 aromatic carbocycles. The van der Waals surface area contributed by atoms with Crippen LogP contribution in [0.3, 0.4) is 0 Å². The summed E-state index contributed by atoms with van der Waals surface area (Å²) in [5, 5.41) is 5.96. The molecule has 1 aromatic heterocycles. The number of carbonyl (C=O) groups excluding carboxylic acids is 2. The number of methoxy groups -OCH3 is 2. The maximum Gasteiger partial charge on any atom is 0.338 e. The molecule has 0 aliphatic carbocycles. The topological polar surface area (TPSA) is 103 Å². The van der Waals surface area contributed by atoms with Crippen LogP contribution in [0.2, 0.25) is 0 Å². The molecule has 4 rings (SSSR count). The zero-order chi connectivity index (χ0) is 21.1. The van der Waals surface area contributed by atoms with Crippen LogP contribution in [-0.4, -0.2) is 37.0 Å². The van der Waals surface area contributed by atoms with Crippen molar-refractivity contribution in [3.8, 4) is 5.75 Å². The molecule has 2 amide bonds. The van der Waals surface area contributed by atoms with Crippen LogP contribution >= 0.6 is 11.8 Å². The van der Waals surface area contributed by atoms with Gasteiger partial charge in [-0.3, -0.25) is 0 Å². The van der Waals surface area contributed by atoms with Crippen molar-refractivity contribution in [3.63, 3.8) is 0 Å². The first-order chi connectivity index (χ1) is 14.6. The lowest BCUT2D eigenvalue weighted by Gasteiger charge is -2.29. The summed E-state index contributed by atoms with van der Waals surface area (Å²) >= 11 is 1.28. The Bertz CT molecular complexity index is 1090. The van der Waals surface area contributed by atoms with E-state index in [-0.39, 0.29) is 5.75 Å². The predicted molar refractivity (Wildman–Crippen MR) is 111 cm³/mol. The van der Waals surface area contributed by atoms with Gasteiger partial charge in [-0.15, -0.1) is 0 Å². The number of aromatic nitrogens is 1. The molecular formula is C21H19N3O5S. The Morgan fingerprint density at radius 2 is 1.93 bits per heavy atom. The van der Waals surface area contributed by atoms with Gasteiger partial charge in [0.25, 0.3) is 5.22 Å². The summed E-state index contributed by atoms with van der Waals surface area (Å²) in [6.07, 6.45) is 0. The number of fused-ring (bicyclic) bond motifs is 1. The summed E-state index contributed by atoms with van der Waals surface area (Å²) in [6.45, 7) is 0. The predicted octanol–water partition coefficient (Wildman–Crippen LogP) is 3.41. The van der Waals surface area contributed by atoms with Gasteiger partial charge in [0, 0.05) is 11.4 Å². The molecule has 154 valence electrons. The number of urea groups is 1. The summed E-state index contributed by atoms with van der Waals surface area (Å²) in [6, 6.07) is 13.5. The second-order valence-electron chi connectivity index (χ2n) is 6.42. The molecule has 0 radical (unpaired) electrons. The van der Waals surface area contributed by atoms with Gasteiger partial charge in [0.1, 0.15) is 11.3 Å². The van der Waals surface area contributed by atoms with Crippen LogP contribution in [-0.2, 0) is 9.53 Å². The molecule has 3 aromatic rings. The van der Waals surface area contributed by atoms with E-state index in [0.29, 0.717) is 27.8 Å². The van der Waals surface area contributed by atoms with Crippen LogP contribution < -0.4 is 15.4 Å². The Kier molecular flexibility index (Phi) is 5.62. The number of hydrogen-bond donors (Lipinski definition) is 2. The number of carbonyl (C=O) groups is 2. The van der Waals surface area contributed by atoms with Crippen molar-refractivity contribution in [3.05, 3.63) is 65.4 Å². The SMILES string of the molecule is COC(=O)C1=C(CSc2nc3ccccc3o2)NC(=O)NC1c1ccc(OC)cc1. The number of oxazole rings is 1. The first kappa shape index (κ1) is 19.8. The van der Waals surface area contributed by atoms with Crippen LogP contribution in [0, 0.1) is 0 Å². The number of para-hydroxylation sites is 2. The fourth-order valence-electron chi connectivity index (χ4n) is 3.18. The highest BCUT2D eigenvalue weighted by atomic mass is 32.2. The lowest BCUT2D eigenvalue weighted by atomic mass is 9.95. The Morgan fingerprint density at radius 3 is 2.63 bits per heavy atom. The number of thioether (sulfide) groups is 1. The van der Waals surface area contributed by atoms with E-state index in [1.165, 1.54) is 18.9 Å². The smallest absolute Gasteiger partial charge is 0.338 e. The van der Waals surface area contributed by atoms with Gasteiger partial charge in [-0.05, 0) is 29.8 Å². The lowest BCUT2D eigenvalue weighted by Crippen LogP contribution is -2.46. The Labute approximate surface area is 176 Å². The monoisotopic (exact) mass is 425 g/mol. The number of esters is 1. The second kappa shape index (κ2) is 8.50. The molecule has 2 heterocycles. The van der Waals surface area contributed by atoms with Crippen molar-refractivity contribution in [2.24, 2.45) is 0 Å². The van der Waals surface area contributed by atoms with Gasteiger partial charge in [-0.1, -0.05) is 36.0 Å². The molecular weight excluding hydrogens is 406 g/mol. The summed E-state index contributed by atoms with van der Waals surface area (Å²) in [4.78, 5) is 29.3. The molecule has 0 bridgehead atoms. The van der Waals surface area contributed by atoms with Gasteiger partial charge in [-0.2, -0.15) is 0 Å². The average molecular weight is 425 g/mol. The van der Waals surface area contributed by atoms with Crippen LogP contribution in [0.15, 0.2) is 69.4 Å². The Morgan fingerprint density at radius 1 is 1.17 bits per heavy atom. The molecule has 0 saturated carbocycles. The molecule has 0 spiro atoms. The van der Waals surface area contributed by atoms with Gasteiger partial charge < -0.3 is 24.5 Å². The van der Waals surface area contributed by atoms with Gasteiger partial charge >= 0.3 is 12.0 Å². The molecule has 1 atom stereocenters. The molecule has 2 N–H and O–H groups in total. The van der Waals surface area contributed by atoms with Crippen molar-refractivity contribution >= 4 is 34.9 Å². The molecule has 9 heteroatoms. The number of ether oxygens (including phenoxy) is 2. The third kappa shape index (κ3) is 3.97. The number of benzene rings is 2. The molecule has 0 fully saturated rings. The zero-order valence-corrected chi connectivity index (χ0v) is 17.1. The van der Waals surface area contributed by atoms with Gasteiger partial charge in [0.15, 0.2) is 5.58 Å². The van der Waals surface area contributed by atoms with Gasteiger partial charge in [-0.25, -0.2) is 14.6 Å². The number of nitrogens with zero attached hydrogens (tertiary/aromatic N) is 1. The van der Waals surface area contributed by atoms with Crippen molar-refractivity contribution < 1.29 is 23.5 Å². The quantitative estimate of drug-likeness (QED) is 0.461. The highest BCUT2D eigenvalue weighted by molar-refractivity contribution is 7.99. The van der Waals surface area contributed by atoms with E-state index in [2.05, 4.69) is 15.6 Å². The standard InChI is InChI=1S/C21H19N3O5S/c1-27-13-9-7-12(8-10-13)18-17(19(25)28-2)15(22-20(26)24-18)11-30-21-23-14-5-3-4-6-16(14)29-21/h3-10,18H,11H2,1-2H3,(H2,22,24,26). The normalized spacial score (nSPS) is 16.2. The van der Waals surface area contributed by atoms with E-state index in [1.54, 1.807) is 31.4 Å². The summed E-state index contributed by atoms with van der Waals surface area (Å²) in [5.41, 5.74) is 2.92. The number of rotatable bonds is 6. The van der Waals surface area contributed by atoms with Crippen molar-refractivity contribution in [2.45, 2.75) is 11.3 Å². The molecule has 0 saturated heterocycles. The van der Waals surface area contributed by atoms with E-state index in [0.717, 1.165) is 11.1 Å². The minimum atomic E-state index is -0.656. The van der Waals surface area contributed by atoms with E-state index >= 15 is 0 Å². The maximum atomic E-state index is 12.6. The molecule has 1 aliphatic heterocycles. The molecule has 30 heavy (non-hydrogen) atoms. The Balaban J connectivity index is 1.66. The fourth-order valence-corrected chi connectivity index (χ4v) is 3.98. The first-order valence-electron chi connectivity index (χ1n) is 9.10. The molecule has 1 aliphatic rings. The van der Waals surface area contributed by atoms with E-state index in [1.807, 2.05) is 24.3 Å². The van der Waals surface area contributed by atoms with E-state index < -0.39 is 18.0 Å². The summed E-state index contributed by atoms with van der Waals surface area (Å²) in [5.74, 6) is 0.419. The molecule has 1 unspecified atom stereocenters. The second-order valence-corrected chi connectivity index (χ2v) is 7.35. The minimum Gasteiger partial charge on any atom is -0.497 e. The first-order valence-corrected chi connectivity index (χ1v) is 10.1. The van der Waals surface area contributed by atoms with Crippen LogP contribution in [0.4, 0.5) is 4.79 Å². The largest absolute Gasteiger partial charge is 0.497 e. The van der Waals surface area contributed by atoms with E-state index in [9.17, 15) is 9.59 Å². The van der Waals surface area contributed by atoms with Crippen molar-refractivity contribution in [1.29, 1.82) is 0 Å². The zero-order valence-electron chi connectivity index (χ0n) is 16.3. The Hall–Kier alpha value is -3.46. The highest BCUT2D eigenvalue weighted by Gasteiger charge is 2.33. The summed E-state index contributed by atoms with van der Waals surface area (Å²) in [7, 11) is 2.88. The molecule has 8 nitrogen and oxygen atoms in total. The average Bonchev–Trinajstić information content (AvgIpc) is 3.20. The van der Waals surface area contributed by atoms with Crippen molar-refractivity contribution in [2.75, 3.05) is 20.0 Å². The van der Waals surface area contributed by atoms with Crippen molar-refractivity contribution in [1.82, 2.24) is 15.6 Å². The number of hydrogen-bond acceptors (Lipinski definition) is 7. The number of amides is 2.